The first-order valence-electron chi connectivity index (χ1n) is 8.71. The van der Waals surface area contributed by atoms with E-state index in [1.165, 1.54) is 0 Å². The number of carbonyl (C=O) groups excluding carboxylic acids is 1. The highest BCUT2D eigenvalue weighted by atomic mass is 16.6. The van der Waals surface area contributed by atoms with Crippen LogP contribution in [0.15, 0.2) is 54.6 Å². The molecule has 0 unspecified atom stereocenters. The van der Waals surface area contributed by atoms with Gasteiger partial charge in [-0.3, -0.25) is 0 Å². The van der Waals surface area contributed by atoms with Gasteiger partial charge in [0.1, 0.15) is 5.60 Å². The Bertz CT molecular complexity index is 688. The van der Waals surface area contributed by atoms with E-state index in [0.717, 1.165) is 37.1 Å². The maximum atomic E-state index is 13.0. The van der Waals surface area contributed by atoms with E-state index in [-0.39, 0.29) is 11.9 Å². The molecule has 3 heteroatoms. The summed E-state index contributed by atoms with van der Waals surface area (Å²) >= 11 is 0. The molecule has 1 fully saturated rings. The molecule has 1 saturated heterocycles. The van der Waals surface area contributed by atoms with Crippen molar-refractivity contribution >= 4 is 5.97 Å². The molecule has 2 aromatic carbocycles. The van der Waals surface area contributed by atoms with Gasteiger partial charge in [-0.25, -0.2) is 4.79 Å². The highest BCUT2D eigenvalue weighted by Gasteiger charge is 2.38. The second-order valence-electron chi connectivity index (χ2n) is 6.74. The summed E-state index contributed by atoms with van der Waals surface area (Å²) in [7, 11) is 0. The number of carbonyl (C=O) groups is 1. The summed E-state index contributed by atoms with van der Waals surface area (Å²) in [6.45, 7) is 5.91. The second kappa shape index (κ2) is 7.18. The third-order valence-corrected chi connectivity index (χ3v) is 4.80. The zero-order valence-electron chi connectivity index (χ0n) is 14.4. The summed E-state index contributed by atoms with van der Waals surface area (Å²) in [5.74, 6) is 0.0690. The molecule has 3 rings (SSSR count). The minimum absolute atomic E-state index is 0.218. The zero-order valence-corrected chi connectivity index (χ0v) is 14.4. The molecule has 0 aromatic heterocycles. The van der Waals surface area contributed by atoms with Crippen LogP contribution in [0.25, 0.3) is 0 Å². The first-order valence-corrected chi connectivity index (χ1v) is 8.71. The van der Waals surface area contributed by atoms with Crippen LogP contribution in [-0.4, -0.2) is 19.1 Å². The quantitative estimate of drug-likeness (QED) is 0.855. The van der Waals surface area contributed by atoms with Gasteiger partial charge in [0.25, 0.3) is 0 Å². The topological polar surface area (TPSA) is 38.3 Å². The average molecular weight is 323 g/mol. The van der Waals surface area contributed by atoms with Gasteiger partial charge in [0, 0.05) is 12.8 Å². The highest BCUT2D eigenvalue weighted by molar-refractivity contribution is 5.91. The molecular formula is C21H25NO2. The first kappa shape index (κ1) is 16.7. The van der Waals surface area contributed by atoms with Crippen LogP contribution in [0.3, 0.4) is 0 Å². The first-order chi connectivity index (χ1) is 11.6. The molecule has 0 bridgehead atoms. The van der Waals surface area contributed by atoms with Crippen LogP contribution in [0.4, 0.5) is 0 Å². The lowest BCUT2D eigenvalue weighted by Gasteiger charge is -2.37. The van der Waals surface area contributed by atoms with Gasteiger partial charge < -0.3 is 10.1 Å². The molecule has 24 heavy (non-hydrogen) atoms. The van der Waals surface area contributed by atoms with E-state index >= 15 is 0 Å². The maximum Gasteiger partial charge on any atom is 0.339 e. The number of ether oxygens (including phenoxy) is 1. The van der Waals surface area contributed by atoms with Crippen molar-refractivity contribution in [3.63, 3.8) is 0 Å². The van der Waals surface area contributed by atoms with Crippen molar-refractivity contribution in [2.24, 2.45) is 0 Å². The van der Waals surface area contributed by atoms with Crippen molar-refractivity contribution in [2.75, 3.05) is 13.1 Å². The minimum atomic E-state index is -0.534. The summed E-state index contributed by atoms with van der Waals surface area (Å²) in [5.41, 5.74) is 2.27. The molecular weight excluding hydrogens is 298 g/mol. The number of nitrogens with one attached hydrogen (secondary N) is 1. The number of esters is 1. The lowest BCUT2D eigenvalue weighted by atomic mass is 9.84. The minimum Gasteiger partial charge on any atom is -0.450 e. The van der Waals surface area contributed by atoms with Crippen molar-refractivity contribution in [1.29, 1.82) is 0 Å². The molecule has 2 aromatic rings. The van der Waals surface area contributed by atoms with Crippen molar-refractivity contribution in [1.82, 2.24) is 5.32 Å². The number of hydrogen-bond acceptors (Lipinski definition) is 3. The lowest BCUT2D eigenvalue weighted by Crippen LogP contribution is -2.43. The molecule has 0 amide bonds. The monoisotopic (exact) mass is 323 g/mol. The summed E-state index contributed by atoms with van der Waals surface area (Å²) in [4.78, 5) is 13.0. The van der Waals surface area contributed by atoms with E-state index in [1.54, 1.807) is 0 Å². The third-order valence-electron chi connectivity index (χ3n) is 4.80. The predicted molar refractivity (Wildman–Crippen MR) is 96.2 cm³/mol. The molecule has 0 atom stereocenters. The maximum absolute atomic E-state index is 13.0. The molecule has 1 heterocycles. The standard InChI is InChI=1S/C21H25NO2/c1-16(2)18-10-6-7-11-19(18)20(23)24-21(12-14-22-15-13-21)17-8-4-3-5-9-17/h3-11,16,22H,12-15H2,1-2H3. The van der Waals surface area contributed by atoms with E-state index in [2.05, 4.69) is 31.3 Å². The molecule has 126 valence electrons. The van der Waals surface area contributed by atoms with Crippen LogP contribution in [0.2, 0.25) is 0 Å². The number of benzene rings is 2. The Morgan fingerprint density at radius 2 is 1.62 bits per heavy atom. The second-order valence-corrected chi connectivity index (χ2v) is 6.74. The van der Waals surface area contributed by atoms with Crippen LogP contribution < -0.4 is 5.32 Å². The van der Waals surface area contributed by atoms with Gasteiger partial charge in [0.15, 0.2) is 0 Å². The van der Waals surface area contributed by atoms with Crippen molar-refractivity contribution in [3.8, 4) is 0 Å². The van der Waals surface area contributed by atoms with Crippen LogP contribution in [0.1, 0.15) is 54.1 Å². The van der Waals surface area contributed by atoms with E-state index < -0.39 is 5.60 Å². The SMILES string of the molecule is CC(C)c1ccccc1C(=O)OC1(c2ccccc2)CCNCC1. The predicted octanol–water partition coefficient (Wildman–Crippen LogP) is 4.25. The molecule has 0 radical (unpaired) electrons. The molecule has 1 N–H and O–H groups in total. The van der Waals surface area contributed by atoms with Gasteiger partial charge in [-0.2, -0.15) is 0 Å². The van der Waals surface area contributed by atoms with E-state index in [1.807, 2.05) is 42.5 Å². The van der Waals surface area contributed by atoms with Gasteiger partial charge in [-0.1, -0.05) is 62.4 Å². The van der Waals surface area contributed by atoms with Crippen molar-refractivity contribution in [3.05, 3.63) is 71.3 Å². The van der Waals surface area contributed by atoms with Gasteiger partial charge >= 0.3 is 5.97 Å². The lowest BCUT2D eigenvalue weighted by molar-refractivity contribution is -0.0379. The molecule has 0 spiro atoms. The number of rotatable bonds is 4. The third kappa shape index (κ3) is 3.36. The Labute approximate surface area is 144 Å². The van der Waals surface area contributed by atoms with Crippen LogP contribution in [-0.2, 0) is 10.3 Å². The van der Waals surface area contributed by atoms with Gasteiger partial charge in [-0.05, 0) is 36.2 Å². The Morgan fingerprint density at radius 3 is 2.29 bits per heavy atom. The molecule has 3 nitrogen and oxygen atoms in total. The van der Waals surface area contributed by atoms with Crippen molar-refractivity contribution < 1.29 is 9.53 Å². The summed E-state index contributed by atoms with van der Waals surface area (Å²) in [6.07, 6.45) is 1.60. The van der Waals surface area contributed by atoms with E-state index in [4.69, 9.17) is 4.74 Å². The fourth-order valence-corrected chi connectivity index (χ4v) is 3.44. The molecule has 1 aliphatic rings. The average Bonchev–Trinajstić information content (AvgIpc) is 2.63. The molecule has 1 aliphatic heterocycles. The fourth-order valence-electron chi connectivity index (χ4n) is 3.44. The van der Waals surface area contributed by atoms with E-state index in [9.17, 15) is 4.79 Å². The smallest absolute Gasteiger partial charge is 0.339 e. The van der Waals surface area contributed by atoms with Gasteiger partial charge in [0.05, 0.1) is 5.56 Å². The Morgan fingerprint density at radius 1 is 1.00 bits per heavy atom. The van der Waals surface area contributed by atoms with Gasteiger partial charge in [-0.15, -0.1) is 0 Å². The Balaban J connectivity index is 1.93. The van der Waals surface area contributed by atoms with Crippen LogP contribution in [0, 0.1) is 0 Å². The summed E-state index contributed by atoms with van der Waals surface area (Å²) in [6, 6.07) is 17.9. The van der Waals surface area contributed by atoms with E-state index in [0.29, 0.717) is 5.56 Å². The largest absolute Gasteiger partial charge is 0.450 e. The van der Waals surface area contributed by atoms with Gasteiger partial charge in [0.2, 0.25) is 0 Å². The molecule has 0 saturated carbocycles. The fraction of sp³-hybridized carbons (Fsp3) is 0.381. The summed E-state index contributed by atoms with van der Waals surface area (Å²) in [5, 5.41) is 3.36. The van der Waals surface area contributed by atoms with Crippen LogP contribution >= 0.6 is 0 Å². The zero-order chi connectivity index (χ0) is 17.0. The number of piperidine rings is 1. The highest BCUT2D eigenvalue weighted by Crippen LogP contribution is 2.36. The number of hydrogen-bond donors (Lipinski definition) is 1. The summed E-state index contributed by atoms with van der Waals surface area (Å²) < 4.78 is 6.16. The van der Waals surface area contributed by atoms with Crippen molar-refractivity contribution in [2.45, 2.75) is 38.2 Å². The normalized spacial score (nSPS) is 16.8. The Hall–Kier alpha value is -2.13. The Kier molecular flexibility index (Phi) is 5.00. The molecule has 0 aliphatic carbocycles. The van der Waals surface area contributed by atoms with Crippen LogP contribution in [0.5, 0.6) is 0 Å².